The van der Waals surface area contributed by atoms with Gasteiger partial charge in [-0.1, -0.05) is 153 Å². The normalized spacial score (nSPS) is 14.2. The van der Waals surface area contributed by atoms with Crippen molar-refractivity contribution < 1.29 is 4.42 Å². The minimum atomic E-state index is -0.600. The maximum Gasteiger partial charge on any atom is 0.135 e. The molecule has 2 aromatic heterocycles. The molecule has 10 aromatic rings. The zero-order valence-corrected chi connectivity index (χ0v) is 32.9. The second-order valence-corrected chi connectivity index (χ2v) is 16.7. The van der Waals surface area contributed by atoms with Crippen molar-refractivity contribution in [3.63, 3.8) is 0 Å². The minimum absolute atomic E-state index is 0.195. The third-order valence-corrected chi connectivity index (χ3v) is 13.2. The molecule has 0 saturated carbocycles. The molecule has 0 N–H and O–H groups in total. The first-order valence-electron chi connectivity index (χ1n) is 20.5. The fraction of sp³-hybridized carbons (Fsp3) is 0.0702. The highest BCUT2D eigenvalue weighted by molar-refractivity contribution is 6.06. The predicted octanol–water partition coefficient (Wildman–Crippen LogP) is 14.7. The molecule has 0 atom stereocenters. The Hall–Kier alpha value is -7.29. The van der Waals surface area contributed by atoms with E-state index in [0.29, 0.717) is 0 Å². The molecule has 2 nitrogen and oxygen atoms in total. The summed E-state index contributed by atoms with van der Waals surface area (Å²) in [6.45, 7) is 4.83. The fourth-order valence-corrected chi connectivity index (χ4v) is 10.3. The molecule has 0 radical (unpaired) electrons. The summed E-state index contributed by atoms with van der Waals surface area (Å²) in [5.41, 5.74) is 21.3. The molecule has 12 rings (SSSR count). The summed E-state index contributed by atoms with van der Waals surface area (Å²) in [5, 5.41) is 2.28. The lowest BCUT2D eigenvalue weighted by Gasteiger charge is -2.37. The van der Waals surface area contributed by atoms with E-state index in [1.165, 1.54) is 77.9 Å². The summed E-state index contributed by atoms with van der Waals surface area (Å²) in [4.78, 5) is 4.44. The number of hydrogen-bond donors (Lipinski definition) is 0. The SMILES string of the molecule is CC1(C)c2cc(-c3ccccc3)cc3c2-c2c1cc(-c1ccccc1)cc2C3(c1ccc(-c2cccnc2)cc1)c1ccc(-c2ccc3oc4ccccc4c3c2)cc1. The Morgan fingerprint density at radius 1 is 0.373 bits per heavy atom. The van der Waals surface area contributed by atoms with Gasteiger partial charge in [-0.15, -0.1) is 0 Å². The highest BCUT2D eigenvalue weighted by atomic mass is 16.3. The Labute approximate surface area is 344 Å². The number of hydrogen-bond acceptors (Lipinski definition) is 2. The van der Waals surface area contributed by atoms with Crippen molar-refractivity contribution in [2.75, 3.05) is 0 Å². The van der Waals surface area contributed by atoms with Crippen molar-refractivity contribution in [1.82, 2.24) is 4.98 Å². The number of benzene rings is 8. The van der Waals surface area contributed by atoms with Gasteiger partial charge in [-0.05, 0) is 138 Å². The van der Waals surface area contributed by atoms with Crippen LogP contribution < -0.4 is 0 Å². The van der Waals surface area contributed by atoms with Crippen LogP contribution in [-0.4, -0.2) is 4.98 Å². The lowest BCUT2D eigenvalue weighted by molar-refractivity contribution is 0.652. The van der Waals surface area contributed by atoms with Gasteiger partial charge in [0.25, 0.3) is 0 Å². The summed E-state index contributed by atoms with van der Waals surface area (Å²) in [6.07, 6.45) is 3.78. The van der Waals surface area contributed by atoms with E-state index < -0.39 is 5.41 Å². The summed E-state index contributed by atoms with van der Waals surface area (Å²) < 4.78 is 6.20. The molecular weight excluding hydrogens is 715 g/mol. The molecule has 0 fully saturated rings. The number of nitrogens with zero attached hydrogens (tertiary/aromatic N) is 1. The van der Waals surface area contributed by atoms with Gasteiger partial charge in [-0.2, -0.15) is 0 Å². The lowest BCUT2D eigenvalue weighted by Crippen LogP contribution is -2.30. The first kappa shape index (κ1) is 33.8. The van der Waals surface area contributed by atoms with Crippen LogP contribution in [0.4, 0.5) is 0 Å². The molecule has 8 aromatic carbocycles. The molecule has 2 heteroatoms. The van der Waals surface area contributed by atoms with Gasteiger partial charge in [0.1, 0.15) is 11.2 Å². The molecule has 278 valence electrons. The average Bonchev–Trinajstić information content (AvgIpc) is 3.90. The average molecular weight is 754 g/mol. The quantitative estimate of drug-likeness (QED) is 0.169. The third kappa shape index (κ3) is 4.90. The van der Waals surface area contributed by atoms with Crippen LogP contribution in [0.15, 0.2) is 205 Å². The van der Waals surface area contributed by atoms with Crippen molar-refractivity contribution in [3.05, 3.63) is 234 Å². The Morgan fingerprint density at radius 3 is 1.42 bits per heavy atom. The van der Waals surface area contributed by atoms with E-state index in [0.717, 1.165) is 33.1 Å². The minimum Gasteiger partial charge on any atom is -0.456 e. The molecule has 0 bridgehead atoms. The van der Waals surface area contributed by atoms with Crippen molar-refractivity contribution in [1.29, 1.82) is 0 Å². The highest BCUT2D eigenvalue weighted by Gasteiger charge is 2.53. The molecule has 0 saturated heterocycles. The second kappa shape index (κ2) is 12.6. The van der Waals surface area contributed by atoms with Gasteiger partial charge in [0, 0.05) is 28.6 Å². The number of rotatable bonds is 6. The van der Waals surface area contributed by atoms with Crippen molar-refractivity contribution >= 4 is 21.9 Å². The van der Waals surface area contributed by atoms with E-state index in [-0.39, 0.29) is 5.41 Å². The number of pyridine rings is 1. The van der Waals surface area contributed by atoms with E-state index in [9.17, 15) is 0 Å². The van der Waals surface area contributed by atoms with Gasteiger partial charge in [0.2, 0.25) is 0 Å². The molecule has 0 aliphatic heterocycles. The van der Waals surface area contributed by atoms with Crippen LogP contribution in [0.5, 0.6) is 0 Å². The number of fused-ring (bicyclic) bond motifs is 3. The van der Waals surface area contributed by atoms with E-state index in [4.69, 9.17) is 4.42 Å². The van der Waals surface area contributed by atoms with Gasteiger partial charge < -0.3 is 4.42 Å². The Morgan fingerprint density at radius 2 is 0.847 bits per heavy atom. The molecule has 59 heavy (non-hydrogen) atoms. The summed E-state index contributed by atoms with van der Waals surface area (Å²) in [7, 11) is 0. The third-order valence-electron chi connectivity index (χ3n) is 13.2. The summed E-state index contributed by atoms with van der Waals surface area (Å²) >= 11 is 0. The van der Waals surface area contributed by atoms with Crippen molar-refractivity contribution in [2.45, 2.75) is 24.7 Å². The number of aromatic nitrogens is 1. The Kier molecular flexibility index (Phi) is 7.22. The predicted molar refractivity (Wildman–Crippen MR) is 243 cm³/mol. The zero-order chi connectivity index (χ0) is 39.3. The van der Waals surface area contributed by atoms with E-state index >= 15 is 0 Å². The van der Waals surface area contributed by atoms with Gasteiger partial charge in [-0.3, -0.25) is 4.98 Å². The van der Waals surface area contributed by atoms with Crippen LogP contribution in [-0.2, 0) is 10.8 Å². The van der Waals surface area contributed by atoms with Crippen molar-refractivity contribution in [3.8, 4) is 55.6 Å². The first-order chi connectivity index (χ1) is 29.0. The lowest BCUT2D eigenvalue weighted by atomic mass is 9.64. The van der Waals surface area contributed by atoms with Crippen molar-refractivity contribution in [2.24, 2.45) is 0 Å². The molecule has 2 aliphatic carbocycles. The second-order valence-electron chi connectivity index (χ2n) is 16.7. The van der Waals surface area contributed by atoms with E-state index in [2.05, 4.69) is 189 Å². The molecule has 0 unspecified atom stereocenters. The topological polar surface area (TPSA) is 26.0 Å². The van der Waals surface area contributed by atoms with Crippen LogP contribution in [0, 0.1) is 0 Å². The molecule has 2 heterocycles. The van der Waals surface area contributed by atoms with Crippen LogP contribution >= 0.6 is 0 Å². The Bertz CT molecular complexity index is 3150. The Balaban J connectivity index is 1.14. The van der Waals surface area contributed by atoms with E-state index in [1.807, 2.05) is 30.6 Å². The molecule has 0 amide bonds. The summed E-state index contributed by atoms with van der Waals surface area (Å²) in [6, 6.07) is 69.5. The van der Waals surface area contributed by atoms with E-state index in [1.54, 1.807) is 0 Å². The van der Waals surface area contributed by atoms with Crippen LogP contribution in [0.1, 0.15) is 47.2 Å². The number of para-hydroxylation sites is 1. The number of furan rings is 1. The van der Waals surface area contributed by atoms with Gasteiger partial charge in [0.15, 0.2) is 0 Å². The standard InChI is InChI=1S/C57H39NO/c1-56(2)48-31-42(36-12-5-3-6-13-36)33-50-54(48)55-49(56)32-43(37-14-7-4-8-15-37)34-51(55)57(50,45-26-21-39(22-27-45)41-16-11-29-58-35-41)44-24-19-38(20-25-44)40-23-28-53-47(30-40)46-17-9-10-18-52(46)59-53/h3-35H,1-2H3. The van der Waals surface area contributed by atoms with Crippen LogP contribution in [0.2, 0.25) is 0 Å². The molecule has 2 aliphatic rings. The largest absolute Gasteiger partial charge is 0.456 e. The zero-order valence-electron chi connectivity index (χ0n) is 32.9. The van der Waals surface area contributed by atoms with Gasteiger partial charge in [-0.25, -0.2) is 0 Å². The van der Waals surface area contributed by atoms with Crippen LogP contribution in [0.25, 0.3) is 77.6 Å². The fourth-order valence-electron chi connectivity index (χ4n) is 10.3. The van der Waals surface area contributed by atoms with Crippen LogP contribution in [0.3, 0.4) is 0 Å². The maximum atomic E-state index is 6.20. The summed E-state index contributed by atoms with van der Waals surface area (Å²) in [5.74, 6) is 0. The van der Waals surface area contributed by atoms with Gasteiger partial charge in [0.05, 0.1) is 5.41 Å². The van der Waals surface area contributed by atoms with Gasteiger partial charge >= 0.3 is 0 Å². The smallest absolute Gasteiger partial charge is 0.135 e. The molecule has 0 spiro atoms. The molecular formula is C57H39NO. The maximum absolute atomic E-state index is 6.20. The monoisotopic (exact) mass is 753 g/mol. The highest BCUT2D eigenvalue weighted by Crippen LogP contribution is 2.65. The first-order valence-corrected chi connectivity index (χ1v) is 20.5.